The normalized spacial score (nSPS) is 12.1. The number of anilines is 1. The molecule has 0 aliphatic heterocycles. The monoisotopic (exact) mass is 286 g/mol. The first-order valence-electron chi connectivity index (χ1n) is 7.17. The fourth-order valence-electron chi connectivity index (χ4n) is 2.36. The molecular weight excluding hydrogens is 264 g/mol. The molecule has 0 spiro atoms. The van der Waals surface area contributed by atoms with E-state index in [4.69, 9.17) is 5.73 Å². The van der Waals surface area contributed by atoms with Crippen molar-refractivity contribution in [2.75, 3.05) is 12.8 Å². The highest BCUT2D eigenvalue weighted by atomic mass is 16.2. The van der Waals surface area contributed by atoms with Gasteiger partial charge in [-0.05, 0) is 37.1 Å². The fourth-order valence-corrected chi connectivity index (χ4v) is 2.36. The number of nitrogens with two attached hydrogens (primary N) is 1. The molecule has 2 N–H and O–H groups in total. The maximum absolute atomic E-state index is 12.7. The van der Waals surface area contributed by atoms with E-state index in [1.165, 1.54) is 0 Å². The molecule has 0 bridgehead atoms. The van der Waals surface area contributed by atoms with Gasteiger partial charge in [-0.2, -0.15) is 0 Å². The van der Waals surface area contributed by atoms with E-state index in [1.807, 2.05) is 36.9 Å². The predicted molar refractivity (Wildman–Crippen MR) is 83.9 cm³/mol. The maximum Gasteiger partial charge on any atom is 0.270 e. The lowest BCUT2D eigenvalue weighted by atomic mass is 10.1. The van der Waals surface area contributed by atoms with Gasteiger partial charge in [0.25, 0.3) is 5.91 Å². The standard InChI is InChI=1S/C16H22N4O/c1-4-9-20-11-14(17)10-15(20)16(21)19(3)12(2)13-5-7-18-8-6-13/h5-8,10-12H,4,9,17H2,1-3H3. The number of amides is 1. The number of carbonyl (C=O) groups excluding carboxylic acids is 1. The van der Waals surface area contributed by atoms with Gasteiger partial charge in [0.15, 0.2) is 0 Å². The molecule has 2 rings (SSSR count). The van der Waals surface area contributed by atoms with Crippen molar-refractivity contribution in [2.24, 2.45) is 0 Å². The van der Waals surface area contributed by atoms with Crippen molar-refractivity contribution in [1.82, 2.24) is 14.5 Å². The number of rotatable bonds is 5. The zero-order chi connectivity index (χ0) is 15.4. The van der Waals surface area contributed by atoms with Crippen molar-refractivity contribution in [3.8, 4) is 0 Å². The third kappa shape index (κ3) is 3.24. The third-order valence-corrected chi connectivity index (χ3v) is 3.69. The van der Waals surface area contributed by atoms with Crippen LogP contribution in [-0.2, 0) is 6.54 Å². The number of nitrogens with zero attached hydrogens (tertiary/aromatic N) is 3. The van der Waals surface area contributed by atoms with Gasteiger partial charge in [-0.1, -0.05) is 6.92 Å². The highest BCUT2D eigenvalue weighted by molar-refractivity contribution is 5.94. The lowest BCUT2D eigenvalue weighted by molar-refractivity contribution is 0.0731. The van der Waals surface area contributed by atoms with Gasteiger partial charge in [0.05, 0.1) is 11.7 Å². The van der Waals surface area contributed by atoms with Crippen LogP contribution < -0.4 is 5.73 Å². The molecule has 1 atom stereocenters. The third-order valence-electron chi connectivity index (χ3n) is 3.69. The van der Waals surface area contributed by atoms with E-state index in [-0.39, 0.29) is 11.9 Å². The largest absolute Gasteiger partial charge is 0.397 e. The van der Waals surface area contributed by atoms with Crippen molar-refractivity contribution in [3.05, 3.63) is 48.0 Å². The lowest BCUT2D eigenvalue weighted by Crippen LogP contribution is -2.31. The summed E-state index contributed by atoms with van der Waals surface area (Å²) in [6.45, 7) is 4.87. The molecule has 1 unspecified atom stereocenters. The van der Waals surface area contributed by atoms with Gasteiger partial charge in [-0.15, -0.1) is 0 Å². The summed E-state index contributed by atoms with van der Waals surface area (Å²) in [7, 11) is 1.81. The van der Waals surface area contributed by atoms with Gasteiger partial charge in [-0.25, -0.2) is 0 Å². The average Bonchev–Trinajstić information content (AvgIpc) is 2.87. The molecule has 5 nitrogen and oxygen atoms in total. The molecule has 0 aliphatic rings. The Balaban J connectivity index is 2.23. The minimum Gasteiger partial charge on any atom is -0.397 e. The van der Waals surface area contributed by atoms with Gasteiger partial charge in [0, 0.05) is 32.2 Å². The quantitative estimate of drug-likeness (QED) is 0.919. The van der Waals surface area contributed by atoms with Crippen LogP contribution in [0, 0.1) is 0 Å². The molecule has 0 aliphatic carbocycles. The number of hydrogen-bond acceptors (Lipinski definition) is 3. The number of hydrogen-bond donors (Lipinski definition) is 1. The predicted octanol–water partition coefficient (Wildman–Crippen LogP) is 2.71. The number of nitrogen functional groups attached to an aromatic ring is 1. The van der Waals surface area contributed by atoms with Crippen molar-refractivity contribution in [2.45, 2.75) is 32.9 Å². The van der Waals surface area contributed by atoms with Crippen LogP contribution >= 0.6 is 0 Å². The van der Waals surface area contributed by atoms with Crippen LogP contribution in [0.25, 0.3) is 0 Å². The number of aromatic nitrogens is 2. The summed E-state index contributed by atoms with van der Waals surface area (Å²) >= 11 is 0. The summed E-state index contributed by atoms with van der Waals surface area (Å²) in [5.41, 5.74) is 8.15. The molecule has 1 amide bonds. The van der Waals surface area contributed by atoms with Crippen LogP contribution in [0.5, 0.6) is 0 Å². The van der Waals surface area contributed by atoms with Crippen LogP contribution in [0.15, 0.2) is 36.8 Å². The van der Waals surface area contributed by atoms with Crippen molar-refractivity contribution in [1.29, 1.82) is 0 Å². The SMILES string of the molecule is CCCn1cc(N)cc1C(=O)N(C)C(C)c1ccncc1. The van der Waals surface area contributed by atoms with Gasteiger partial charge in [0.1, 0.15) is 5.69 Å². The van der Waals surface area contributed by atoms with Gasteiger partial charge >= 0.3 is 0 Å². The first-order chi connectivity index (χ1) is 10.0. The van der Waals surface area contributed by atoms with Crippen LogP contribution in [0.2, 0.25) is 0 Å². The van der Waals surface area contributed by atoms with Crippen LogP contribution in [0.4, 0.5) is 5.69 Å². The highest BCUT2D eigenvalue weighted by Crippen LogP contribution is 2.21. The highest BCUT2D eigenvalue weighted by Gasteiger charge is 2.21. The molecule has 2 aromatic rings. The summed E-state index contributed by atoms with van der Waals surface area (Å²) in [6.07, 6.45) is 6.25. The first-order valence-corrected chi connectivity index (χ1v) is 7.17. The Bertz CT molecular complexity index is 606. The van der Waals surface area contributed by atoms with Gasteiger partial charge in [-0.3, -0.25) is 9.78 Å². The summed E-state index contributed by atoms with van der Waals surface area (Å²) < 4.78 is 1.92. The molecule has 21 heavy (non-hydrogen) atoms. The Morgan fingerprint density at radius 2 is 2.10 bits per heavy atom. The van der Waals surface area contributed by atoms with Crippen LogP contribution in [0.1, 0.15) is 42.4 Å². The Labute approximate surface area is 125 Å². The fraction of sp³-hybridized carbons (Fsp3) is 0.375. The second-order valence-corrected chi connectivity index (χ2v) is 5.22. The number of carbonyl (C=O) groups is 1. The topological polar surface area (TPSA) is 64.2 Å². The molecule has 2 heterocycles. The second kappa shape index (κ2) is 6.43. The van der Waals surface area contributed by atoms with Gasteiger partial charge < -0.3 is 15.2 Å². The number of aryl methyl sites for hydroxylation is 1. The van der Waals surface area contributed by atoms with E-state index >= 15 is 0 Å². The van der Waals surface area contributed by atoms with Crippen LogP contribution in [-0.4, -0.2) is 27.4 Å². The summed E-state index contributed by atoms with van der Waals surface area (Å²) in [5.74, 6) is -0.0236. The lowest BCUT2D eigenvalue weighted by Gasteiger charge is -2.25. The van der Waals surface area contributed by atoms with Crippen molar-refractivity contribution >= 4 is 11.6 Å². The molecule has 0 fully saturated rings. The molecule has 0 radical (unpaired) electrons. The first kappa shape index (κ1) is 15.1. The van der Waals surface area contributed by atoms with E-state index in [1.54, 1.807) is 23.4 Å². The molecule has 2 aromatic heterocycles. The minimum absolute atomic E-state index is 0.0216. The zero-order valence-electron chi connectivity index (χ0n) is 12.8. The molecule has 5 heteroatoms. The van der Waals surface area contributed by atoms with E-state index in [0.29, 0.717) is 11.4 Å². The van der Waals surface area contributed by atoms with Crippen molar-refractivity contribution in [3.63, 3.8) is 0 Å². The Morgan fingerprint density at radius 1 is 1.43 bits per heavy atom. The summed E-state index contributed by atoms with van der Waals surface area (Å²) in [5, 5.41) is 0. The van der Waals surface area contributed by atoms with Gasteiger partial charge in [0.2, 0.25) is 0 Å². The van der Waals surface area contributed by atoms with E-state index in [2.05, 4.69) is 11.9 Å². The smallest absolute Gasteiger partial charge is 0.270 e. The average molecular weight is 286 g/mol. The second-order valence-electron chi connectivity index (χ2n) is 5.22. The Morgan fingerprint density at radius 3 is 2.71 bits per heavy atom. The molecule has 0 saturated heterocycles. The van der Waals surface area contributed by atoms with E-state index in [9.17, 15) is 4.79 Å². The Hall–Kier alpha value is -2.30. The summed E-state index contributed by atoms with van der Waals surface area (Å²) in [6, 6.07) is 5.57. The molecule has 0 aromatic carbocycles. The zero-order valence-corrected chi connectivity index (χ0v) is 12.8. The molecule has 0 saturated carbocycles. The molecule has 112 valence electrons. The van der Waals surface area contributed by atoms with E-state index < -0.39 is 0 Å². The maximum atomic E-state index is 12.7. The van der Waals surface area contributed by atoms with Crippen LogP contribution in [0.3, 0.4) is 0 Å². The van der Waals surface area contributed by atoms with E-state index in [0.717, 1.165) is 18.5 Å². The summed E-state index contributed by atoms with van der Waals surface area (Å²) in [4.78, 5) is 18.4. The Kier molecular flexibility index (Phi) is 4.62. The van der Waals surface area contributed by atoms with Crippen molar-refractivity contribution < 1.29 is 4.79 Å². The minimum atomic E-state index is -0.0236. The molecular formula is C16H22N4O. The number of pyridine rings is 1.